The lowest BCUT2D eigenvalue weighted by molar-refractivity contribution is -0.121. The van der Waals surface area contributed by atoms with Gasteiger partial charge in [0.25, 0.3) is 5.91 Å². The number of amides is 1. The molecule has 1 amide bonds. The Morgan fingerprint density at radius 2 is 1.92 bits per heavy atom. The summed E-state index contributed by atoms with van der Waals surface area (Å²) < 4.78 is 0. The van der Waals surface area contributed by atoms with Crippen LogP contribution in [0.1, 0.15) is 11.1 Å². The molecule has 0 radical (unpaired) electrons. The number of nitrogens with zero attached hydrogens (tertiary/aromatic N) is 2. The van der Waals surface area contributed by atoms with E-state index in [2.05, 4.69) is 6.58 Å². The van der Waals surface area contributed by atoms with Crippen molar-refractivity contribution in [3.63, 3.8) is 0 Å². The molecule has 0 bridgehead atoms. The molecule has 1 aliphatic heterocycles. The van der Waals surface area contributed by atoms with E-state index in [0.717, 1.165) is 16.8 Å². The predicted molar refractivity (Wildman–Crippen MR) is 104 cm³/mol. The number of rotatable bonds is 4. The summed E-state index contributed by atoms with van der Waals surface area (Å²) in [6.45, 7) is 6.05. The number of thiocarbonyl (C=S) groups is 1. The molecule has 1 fully saturated rings. The van der Waals surface area contributed by atoms with Gasteiger partial charge in [0.2, 0.25) is 0 Å². The number of aryl methyl sites for hydroxylation is 1. The van der Waals surface area contributed by atoms with Gasteiger partial charge in [-0.2, -0.15) is 0 Å². The molecule has 0 saturated carbocycles. The maximum atomic E-state index is 12.9. The smallest absolute Gasteiger partial charge is 0.277 e. The molecule has 0 atom stereocenters. The third kappa shape index (κ3) is 3.32. The highest BCUT2D eigenvalue weighted by atomic mass is 32.1. The molecule has 0 unspecified atom stereocenters. The Balaban J connectivity index is 2.10. The topological polar surface area (TPSA) is 43.8 Å². The lowest BCUT2D eigenvalue weighted by Gasteiger charge is -2.20. The molecule has 0 spiro atoms. The van der Waals surface area contributed by atoms with E-state index in [4.69, 9.17) is 12.2 Å². The van der Waals surface area contributed by atoms with E-state index in [-0.39, 0.29) is 11.7 Å². The zero-order valence-corrected chi connectivity index (χ0v) is 14.7. The van der Waals surface area contributed by atoms with Crippen LogP contribution in [-0.4, -0.2) is 27.6 Å². The molecule has 1 heterocycles. The first kappa shape index (κ1) is 16.9. The van der Waals surface area contributed by atoms with Gasteiger partial charge in [-0.05, 0) is 55.0 Å². The highest BCUT2D eigenvalue weighted by Crippen LogP contribution is 2.30. The van der Waals surface area contributed by atoms with Crippen LogP contribution < -0.4 is 4.90 Å². The van der Waals surface area contributed by atoms with Crippen LogP contribution in [-0.2, 0) is 4.79 Å². The molecule has 126 valence electrons. The van der Waals surface area contributed by atoms with Crippen molar-refractivity contribution in [1.82, 2.24) is 4.90 Å². The van der Waals surface area contributed by atoms with Gasteiger partial charge < -0.3 is 5.11 Å². The minimum absolute atomic E-state index is 0.146. The number of anilines is 1. The summed E-state index contributed by atoms with van der Waals surface area (Å²) >= 11 is 5.53. The molecule has 0 aliphatic carbocycles. The van der Waals surface area contributed by atoms with E-state index in [9.17, 15) is 9.90 Å². The first-order valence-electron chi connectivity index (χ1n) is 7.85. The SMILES string of the molecule is C=CCN1C(=O)C(=Cc2cccc(O)c2)N(c2ccc(C)cc2)C1=S. The normalized spacial score (nSPS) is 16.0. The summed E-state index contributed by atoms with van der Waals surface area (Å²) in [5.41, 5.74) is 3.12. The Kier molecular flexibility index (Phi) is 4.67. The number of carbonyl (C=O) groups excluding carboxylic acids is 1. The molecule has 1 aliphatic rings. The van der Waals surface area contributed by atoms with Gasteiger partial charge in [-0.1, -0.05) is 35.9 Å². The fraction of sp³-hybridized carbons (Fsp3) is 0.100. The fourth-order valence-electron chi connectivity index (χ4n) is 2.68. The van der Waals surface area contributed by atoms with Gasteiger partial charge >= 0.3 is 0 Å². The van der Waals surface area contributed by atoms with E-state index in [0.29, 0.717) is 17.4 Å². The lowest BCUT2D eigenvalue weighted by atomic mass is 10.1. The summed E-state index contributed by atoms with van der Waals surface area (Å²) in [5.74, 6) is -0.0407. The van der Waals surface area contributed by atoms with Crippen LogP contribution in [0.5, 0.6) is 5.75 Å². The maximum absolute atomic E-state index is 12.9. The van der Waals surface area contributed by atoms with Crippen LogP contribution in [0.15, 0.2) is 66.9 Å². The second kappa shape index (κ2) is 6.91. The summed E-state index contributed by atoms with van der Waals surface area (Å²) in [6, 6.07) is 14.6. The van der Waals surface area contributed by atoms with Crippen LogP contribution >= 0.6 is 12.2 Å². The summed E-state index contributed by atoms with van der Waals surface area (Å²) in [5, 5.41) is 10.1. The second-order valence-electron chi connectivity index (χ2n) is 5.78. The number of carbonyl (C=O) groups is 1. The van der Waals surface area contributed by atoms with E-state index < -0.39 is 0 Å². The Bertz CT molecular complexity index is 872. The van der Waals surface area contributed by atoms with E-state index >= 15 is 0 Å². The van der Waals surface area contributed by atoms with Gasteiger partial charge in [0, 0.05) is 12.2 Å². The standard InChI is InChI=1S/C20H18N2O2S/c1-3-11-21-19(24)18(13-15-5-4-6-17(23)12-15)22(20(21)25)16-9-7-14(2)8-10-16/h3-10,12-13,23H,1,11H2,2H3. The minimum atomic E-state index is -0.186. The number of benzene rings is 2. The van der Waals surface area contributed by atoms with Gasteiger partial charge in [-0.3, -0.25) is 14.6 Å². The molecular formula is C20H18N2O2S. The second-order valence-corrected chi connectivity index (χ2v) is 6.15. The summed E-state index contributed by atoms with van der Waals surface area (Å²) in [6.07, 6.45) is 3.38. The van der Waals surface area contributed by atoms with Crippen LogP contribution in [0.4, 0.5) is 5.69 Å². The first-order valence-corrected chi connectivity index (χ1v) is 8.26. The quantitative estimate of drug-likeness (QED) is 0.517. The number of phenolic OH excluding ortho intramolecular Hbond substituents is 1. The van der Waals surface area contributed by atoms with Crippen LogP contribution in [0.3, 0.4) is 0 Å². The average molecular weight is 350 g/mol. The molecule has 1 saturated heterocycles. The van der Waals surface area contributed by atoms with E-state index in [1.165, 1.54) is 4.90 Å². The zero-order valence-electron chi connectivity index (χ0n) is 13.8. The van der Waals surface area contributed by atoms with Crippen LogP contribution in [0, 0.1) is 6.92 Å². The van der Waals surface area contributed by atoms with Crippen molar-refractivity contribution in [2.24, 2.45) is 0 Å². The van der Waals surface area contributed by atoms with Crippen LogP contribution in [0.2, 0.25) is 0 Å². The lowest BCUT2D eigenvalue weighted by Crippen LogP contribution is -2.32. The molecule has 25 heavy (non-hydrogen) atoms. The molecule has 0 aromatic heterocycles. The fourth-order valence-corrected chi connectivity index (χ4v) is 3.04. The van der Waals surface area contributed by atoms with Gasteiger partial charge in [0.1, 0.15) is 11.4 Å². The third-order valence-electron chi connectivity index (χ3n) is 3.90. The highest BCUT2D eigenvalue weighted by molar-refractivity contribution is 7.80. The average Bonchev–Trinajstić information content (AvgIpc) is 2.81. The van der Waals surface area contributed by atoms with Gasteiger partial charge in [-0.15, -0.1) is 6.58 Å². The molecule has 3 rings (SSSR count). The predicted octanol–water partition coefficient (Wildman–Crippen LogP) is 3.86. The van der Waals surface area contributed by atoms with Crippen molar-refractivity contribution in [1.29, 1.82) is 0 Å². The van der Waals surface area contributed by atoms with Crippen molar-refractivity contribution in [2.45, 2.75) is 6.92 Å². The molecule has 4 nitrogen and oxygen atoms in total. The largest absolute Gasteiger partial charge is 0.508 e. The maximum Gasteiger partial charge on any atom is 0.277 e. The van der Waals surface area contributed by atoms with E-state index in [1.807, 2.05) is 37.3 Å². The van der Waals surface area contributed by atoms with Gasteiger partial charge in [0.05, 0.1) is 0 Å². The van der Waals surface area contributed by atoms with Crippen molar-refractivity contribution in [3.8, 4) is 5.75 Å². The number of phenols is 1. The van der Waals surface area contributed by atoms with Crippen molar-refractivity contribution >= 4 is 35.0 Å². The Morgan fingerprint density at radius 3 is 2.56 bits per heavy atom. The van der Waals surface area contributed by atoms with Gasteiger partial charge in [0.15, 0.2) is 5.11 Å². The summed E-state index contributed by atoms with van der Waals surface area (Å²) in [4.78, 5) is 16.1. The Hall–Kier alpha value is -2.92. The minimum Gasteiger partial charge on any atom is -0.508 e. The van der Waals surface area contributed by atoms with Crippen molar-refractivity contribution in [3.05, 3.63) is 78.0 Å². The number of hydrogen-bond donors (Lipinski definition) is 1. The van der Waals surface area contributed by atoms with Crippen LogP contribution in [0.25, 0.3) is 6.08 Å². The molecule has 1 N–H and O–H groups in total. The highest BCUT2D eigenvalue weighted by Gasteiger charge is 2.38. The molecule has 2 aromatic carbocycles. The summed E-state index contributed by atoms with van der Waals surface area (Å²) in [7, 11) is 0. The number of hydrogen-bond acceptors (Lipinski definition) is 3. The molecular weight excluding hydrogens is 332 g/mol. The van der Waals surface area contributed by atoms with Crippen molar-refractivity contribution < 1.29 is 9.90 Å². The first-order chi connectivity index (χ1) is 12.0. The third-order valence-corrected chi connectivity index (χ3v) is 4.31. The Labute approximate surface area is 152 Å². The monoisotopic (exact) mass is 350 g/mol. The number of aromatic hydroxyl groups is 1. The van der Waals surface area contributed by atoms with Gasteiger partial charge in [-0.25, -0.2) is 0 Å². The molecule has 5 heteroatoms. The molecule has 2 aromatic rings. The zero-order chi connectivity index (χ0) is 18.0. The van der Waals surface area contributed by atoms with Crippen molar-refractivity contribution in [2.75, 3.05) is 11.4 Å². The van der Waals surface area contributed by atoms with E-state index in [1.54, 1.807) is 35.3 Å². The Morgan fingerprint density at radius 1 is 1.20 bits per heavy atom.